The van der Waals surface area contributed by atoms with Gasteiger partial charge in [-0.1, -0.05) is 0 Å². The quantitative estimate of drug-likeness (QED) is 0.780. The highest BCUT2D eigenvalue weighted by Crippen LogP contribution is 2.30. The monoisotopic (exact) mass is 268 g/mol. The zero-order chi connectivity index (χ0) is 13.9. The second kappa shape index (κ2) is 5.44. The van der Waals surface area contributed by atoms with Crippen LogP contribution >= 0.6 is 0 Å². The van der Waals surface area contributed by atoms with E-state index >= 15 is 0 Å². The van der Waals surface area contributed by atoms with Gasteiger partial charge in [0.05, 0.1) is 18.4 Å². The summed E-state index contributed by atoms with van der Waals surface area (Å²) in [5, 5.41) is 15.0. The van der Waals surface area contributed by atoms with Crippen LogP contribution in [0.25, 0.3) is 0 Å². The number of urea groups is 1. The van der Waals surface area contributed by atoms with Gasteiger partial charge in [-0.3, -0.25) is 0 Å². The largest absolute Gasteiger partial charge is 0.494 e. The predicted octanol–water partition coefficient (Wildman–Crippen LogP) is 1.87. The Balaban J connectivity index is 1.91. The van der Waals surface area contributed by atoms with Gasteiger partial charge in [-0.05, 0) is 31.4 Å². The Morgan fingerprint density at radius 3 is 2.84 bits per heavy atom. The summed E-state index contributed by atoms with van der Waals surface area (Å²) in [6.07, 6.45) is 2.38. The van der Waals surface area contributed by atoms with E-state index < -0.39 is 17.4 Å². The Morgan fingerprint density at radius 1 is 1.53 bits per heavy atom. The first-order valence-electron chi connectivity index (χ1n) is 6.13. The third kappa shape index (κ3) is 3.35. The van der Waals surface area contributed by atoms with Crippen molar-refractivity contribution in [1.29, 1.82) is 0 Å². The van der Waals surface area contributed by atoms with Crippen LogP contribution in [-0.4, -0.2) is 30.4 Å². The summed E-state index contributed by atoms with van der Waals surface area (Å²) in [7, 11) is 1.40. The number of anilines is 1. The van der Waals surface area contributed by atoms with Crippen LogP contribution in [0.1, 0.15) is 19.3 Å². The maximum Gasteiger partial charge on any atom is 0.319 e. The van der Waals surface area contributed by atoms with Crippen molar-refractivity contribution in [2.75, 3.05) is 19.0 Å². The minimum atomic E-state index is -0.774. The Hall–Kier alpha value is -1.82. The molecule has 2 rings (SSSR count). The SMILES string of the molecule is COc1cc(F)ccc1NC(=O)NCC1(O)CCC1. The van der Waals surface area contributed by atoms with Crippen LogP contribution in [0.5, 0.6) is 5.75 Å². The van der Waals surface area contributed by atoms with Crippen molar-refractivity contribution in [3.63, 3.8) is 0 Å². The molecule has 0 aliphatic heterocycles. The highest BCUT2D eigenvalue weighted by atomic mass is 19.1. The van der Waals surface area contributed by atoms with Gasteiger partial charge in [0, 0.05) is 12.6 Å². The fourth-order valence-corrected chi connectivity index (χ4v) is 1.94. The zero-order valence-corrected chi connectivity index (χ0v) is 10.7. The smallest absolute Gasteiger partial charge is 0.319 e. The number of amides is 2. The lowest BCUT2D eigenvalue weighted by Crippen LogP contribution is -2.48. The van der Waals surface area contributed by atoms with Crippen LogP contribution in [0.15, 0.2) is 18.2 Å². The Labute approximate surface area is 110 Å². The van der Waals surface area contributed by atoms with Crippen LogP contribution in [0.2, 0.25) is 0 Å². The number of halogens is 1. The average molecular weight is 268 g/mol. The lowest BCUT2D eigenvalue weighted by atomic mass is 9.80. The predicted molar refractivity (Wildman–Crippen MR) is 68.8 cm³/mol. The molecule has 1 aliphatic rings. The van der Waals surface area contributed by atoms with Gasteiger partial charge in [-0.2, -0.15) is 0 Å². The number of methoxy groups -OCH3 is 1. The molecule has 0 heterocycles. The summed E-state index contributed by atoms with van der Waals surface area (Å²) < 4.78 is 18.0. The number of aliphatic hydroxyl groups is 1. The first-order chi connectivity index (χ1) is 9.02. The van der Waals surface area contributed by atoms with E-state index in [1.54, 1.807) is 0 Å². The number of hydrogen-bond acceptors (Lipinski definition) is 3. The van der Waals surface area contributed by atoms with Crippen LogP contribution in [0.4, 0.5) is 14.9 Å². The normalized spacial score (nSPS) is 16.4. The van der Waals surface area contributed by atoms with Crippen molar-refractivity contribution in [1.82, 2.24) is 5.32 Å². The molecule has 5 nitrogen and oxygen atoms in total. The summed E-state index contributed by atoms with van der Waals surface area (Å²) in [5.41, 5.74) is -0.397. The highest BCUT2D eigenvalue weighted by molar-refractivity contribution is 5.90. The first-order valence-corrected chi connectivity index (χ1v) is 6.13. The third-order valence-electron chi connectivity index (χ3n) is 3.27. The maximum atomic E-state index is 13.0. The van der Waals surface area contributed by atoms with E-state index in [9.17, 15) is 14.3 Å². The molecular formula is C13H17FN2O3. The Bertz CT molecular complexity index is 475. The van der Waals surface area contributed by atoms with E-state index in [4.69, 9.17) is 4.74 Å². The molecule has 3 N–H and O–H groups in total. The molecule has 6 heteroatoms. The first kappa shape index (κ1) is 13.6. The van der Waals surface area contributed by atoms with Gasteiger partial charge in [-0.25, -0.2) is 9.18 Å². The van der Waals surface area contributed by atoms with Crippen molar-refractivity contribution in [3.8, 4) is 5.75 Å². The molecule has 104 valence electrons. The number of hydrogen-bond donors (Lipinski definition) is 3. The summed E-state index contributed by atoms with van der Waals surface area (Å²) in [4.78, 5) is 11.7. The van der Waals surface area contributed by atoms with Crippen molar-refractivity contribution >= 4 is 11.7 Å². The van der Waals surface area contributed by atoms with E-state index in [1.165, 1.54) is 25.3 Å². The molecule has 1 saturated carbocycles. The molecule has 0 aromatic heterocycles. The molecule has 0 saturated heterocycles. The number of rotatable bonds is 4. The maximum absolute atomic E-state index is 13.0. The van der Waals surface area contributed by atoms with Crippen molar-refractivity contribution in [2.45, 2.75) is 24.9 Å². The van der Waals surface area contributed by atoms with Crippen molar-refractivity contribution in [3.05, 3.63) is 24.0 Å². The topological polar surface area (TPSA) is 70.6 Å². The molecular weight excluding hydrogens is 251 g/mol. The van der Waals surface area contributed by atoms with Crippen molar-refractivity contribution in [2.24, 2.45) is 0 Å². The number of benzene rings is 1. The average Bonchev–Trinajstić information content (AvgIpc) is 2.36. The van der Waals surface area contributed by atoms with Crippen LogP contribution in [-0.2, 0) is 0 Å². The van der Waals surface area contributed by atoms with Gasteiger partial charge in [0.1, 0.15) is 11.6 Å². The van der Waals surface area contributed by atoms with Gasteiger partial charge >= 0.3 is 6.03 Å². The number of carbonyl (C=O) groups excluding carboxylic acids is 1. The van der Waals surface area contributed by atoms with Gasteiger partial charge in [0.2, 0.25) is 0 Å². The number of carbonyl (C=O) groups is 1. The van der Waals surface area contributed by atoms with Gasteiger partial charge in [-0.15, -0.1) is 0 Å². The summed E-state index contributed by atoms with van der Waals surface area (Å²) in [6, 6.07) is 3.39. The molecule has 0 radical (unpaired) electrons. The molecule has 2 amide bonds. The highest BCUT2D eigenvalue weighted by Gasteiger charge is 2.34. The number of ether oxygens (including phenoxy) is 1. The minimum absolute atomic E-state index is 0.211. The second-order valence-electron chi connectivity index (χ2n) is 4.73. The zero-order valence-electron chi connectivity index (χ0n) is 10.7. The molecule has 19 heavy (non-hydrogen) atoms. The van der Waals surface area contributed by atoms with Crippen LogP contribution in [0.3, 0.4) is 0 Å². The fraction of sp³-hybridized carbons (Fsp3) is 0.462. The molecule has 0 bridgehead atoms. The molecule has 1 aromatic carbocycles. The molecule has 0 spiro atoms. The molecule has 0 atom stereocenters. The van der Waals surface area contributed by atoms with E-state index in [-0.39, 0.29) is 12.3 Å². The van der Waals surface area contributed by atoms with E-state index in [0.717, 1.165) is 6.42 Å². The van der Waals surface area contributed by atoms with E-state index in [1.807, 2.05) is 0 Å². The van der Waals surface area contributed by atoms with Crippen LogP contribution < -0.4 is 15.4 Å². The van der Waals surface area contributed by atoms with E-state index in [2.05, 4.69) is 10.6 Å². The van der Waals surface area contributed by atoms with Gasteiger partial charge < -0.3 is 20.5 Å². The minimum Gasteiger partial charge on any atom is -0.494 e. The molecule has 0 unspecified atom stereocenters. The molecule has 1 aliphatic carbocycles. The van der Waals surface area contributed by atoms with Gasteiger partial charge in [0.15, 0.2) is 0 Å². The lowest BCUT2D eigenvalue weighted by Gasteiger charge is -2.36. The Kier molecular flexibility index (Phi) is 3.90. The van der Waals surface area contributed by atoms with Crippen molar-refractivity contribution < 1.29 is 19.0 Å². The molecule has 1 aromatic rings. The summed E-state index contributed by atoms with van der Waals surface area (Å²) in [5.74, 6) is -0.191. The fourth-order valence-electron chi connectivity index (χ4n) is 1.94. The second-order valence-corrected chi connectivity index (χ2v) is 4.73. The third-order valence-corrected chi connectivity index (χ3v) is 3.27. The Morgan fingerprint density at radius 2 is 2.26 bits per heavy atom. The summed E-state index contributed by atoms with van der Waals surface area (Å²) >= 11 is 0. The standard InChI is InChI=1S/C13H17FN2O3/c1-19-11-7-9(14)3-4-10(11)16-12(17)15-8-13(18)5-2-6-13/h3-4,7,18H,2,5-6,8H2,1H3,(H2,15,16,17). The lowest BCUT2D eigenvalue weighted by molar-refractivity contribution is -0.0287. The van der Waals surface area contributed by atoms with Gasteiger partial charge in [0.25, 0.3) is 0 Å². The van der Waals surface area contributed by atoms with E-state index in [0.29, 0.717) is 18.5 Å². The number of nitrogens with one attached hydrogen (secondary N) is 2. The van der Waals surface area contributed by atoms with Crippen LogP contribution in [0, 0.1) is 5.82 Å². The summed E-state index contributed by atoms with van der Waals surface area (Å²) in [6.45, 7) is 0.211. The molecule has 1 fully saturated rings.